The Morgan fingerprint density at radius 2 is 2.00 bits per heavy atom. The van der Waals surface area contributed by atoms with Crippen LogP contribution in [0.15, 0.2) is 48.5 Å². The zero-order chi connectivity index (χ0) is 18.2. The van der Waals surface area contributed by atoms with E-state index < -0.39 is 0 Å². The maximum absolute atomic E-state index is 7.09. The molecule has 1 aromatic heterocycles. The van der Waals surface area contributed by atoms with Crippen molar-refractivity contribution in [2.24, 2.45) is 0 Å². The fraction of sp³-hybridized carbons (Fsp3) is 0.545. The molecule has 25 heavy (non-hydrogen) atoms. The number of nitrogens with zero attached hydrogens (tertiary/aromatic N) is 1. The maximum Gasteiger partial charge on any atom is 0.171 e. The molecule has 138 valence electrons. The van der Waals surface area contributed by atoms with Gasteiger partial charge in [-0.3, -0.25) is 0 Å². The zero-order valence-corrected chi connectivity index (χ0v) is 16.0. The molecular weight excluding hydrogens is 308 g/mol. The van der Waals surface area contributed by atoms with Gasteiger partial charge in [-0.1, -0.05) is 32.8 Å². The lowest BCUT2D eigenvalue weighted by Crippen LogP contribution is -2.33. The molecule has 0 saturated carbocycles. The summed E-state index contributed by atoms with van der Waals surface area (Å²) < 4.78 is 8.00. The van der Waals surface area contributed by atoms with E-state index in [-0.39, 0.29) is 0 Å². The lowest BCUT2D eigenvalue weighted by atomic mass is 10.1. The number of ether oxygens (including phenoxy) is 1. The molecule has 0 fully saturated rings. The predicted molar refractivity (Wildman–Crippen MR) is 106 cm³/mol. The monoisotopic (exact) mass is 343 g/mol. The molecule has 0 aliphatic heterocycles. The van der Waals surface area contributed by atoms with Crippen LogP contribution in [0.3, 0.4) is 0 Å². The van der Waals surface area contributed by atoms with Crippen LogP contribution in [0.1, 0.15) is 64.4 Å². The fourth-order valence-corrected chi connectivity index (χ4v) is 2.62. The minimum Gasteiger partial charge on any atom is -0.501 e. The van der Waals surface area contributed by atoms with Gasteiger partial charge in [0.2, 0.25) is 0 Å². The Morgan fingerprint density at radius 3 is 2.76 bits per heavy atom. The lowest BCUT2D eigenvalue weighted by Gasteiger charge is -2.04. The van der Waals surface area contributed by atoms with E-state index in [4.69, 9.17) is 10.1 Å². The average molecular weight is 344 g/mol. The number of unbranched alkanes of at least 4 members (excludes halogenated alkanes) is 3. The Hall–Kier alpha value is -1.90. The number of hydrogen-bond acceptors (Lipinski definition) is 2. The second-order valence-corrected chi connectivity index (χ2v) is 6.45. The summed E-state index contributed by atoms with van der Waals surface area (Å²) in [6, 6.07) is 4.37. The van der Waals surface area contributed by atoms with E-state index in [1.54, 1.807) is 6.08 Å². The topological polar surface area (TPSA) is 37.0 Å². The molecule has 0 aliphatic carbocycles. The van der Waals surface area contributed by atoms with Gasteiger partial charge < -0.3 is 10.1 Å². The van der Waals surface area contributed by atoms with Gasteiger partial charge in [0.25, 0.3) is 0 Å². The number of aromatic nitrogens is 1. The number of aryl methyl sites for hydroxylation is 2. The van der Waals surface area contributed by atoms with E-state index in [0.29, 0.717) is 0 Å². The van der Waals surface area contributed by atoms with Crippen molar-refractivity contribution in [3.8, 4) is 0 Å². The summed E-state index contributed by atoms with van der Waals surface area (Å²) in [5, 5.41) is 7.09. The molecule has 1 N–H and O–H groups in total. The number of nitrogens with one attached hydrogen (secondary N) is 1. The van der Waals surface area contributed by atoms with Crippen molar-refractivity contribution in [1.82, 2.24) is 0 Å². The summed E-state index contributed by atoms with van der Waals surface area (Å²) in [5.41, 5.74) is 2.60. The number of hydrogen-bond donors (Lipinski definition) is 1. The molecule has 1 rings (SSSR count). The van der Waals surface area contributed by atoms with Gasteiger partial charge in [0, 0.05) is 24.3 Å². The summed E-state index contributed by atoms with van der Waals surface area (Å²) in [6.07, 6.45) is 20.5. The molecule has 0 aromatic carbocycles. The second kappa shape index (κ2) is 14.4. The Kier molecular flexibility index (Phi) is 12.2. The van der Waals surface area contributed by atoms with Crippen LogP contribution >= 0.6 is 0 Å². The number of pyridine rings is 1. The largest absolute Gasteiger partial charge is 0.501 e. The Bertz CT molecular complexity index is 535. The summed E-state index contributed by atoms with van der Waals surface area (Å²) >= 11 is 0. The molecule has 3 heteroatoms. The van der Waals surface area contributed by atoms with Crippen molar-refractivity contribution in [1.29, 1.82) is 5.41 Å². The number of rotatable bonds is 14. The number of allylic oxidation sites excluding steroid dienone is 3. The van der Waals surface area contributed by atoms with Crippen LogP contribution < -0.4 is 4.57 Å². The highest BCUT2D eigenvalue weighted by Crippen LogP contribution is 2.09. The van der Waals surface area contributed by atoms with Crippen LogP contribution in [0.4, 0.5) is 0 Å². The quantitative estimate of drug-likeness (QED) is 0.159. The third-order valence-electron chi connectivity index (χ3n) is 4.13. The lowest BCUT2D eigenvalue weighted by molar-refractivity contribution is -0.697. The van der Waals surface area contributed by atoms with Crippen molar-refractivity contribution in [3.63, 3.8) is 0 Å². The maximum atomic E-state index is 7.09. The molecule has 0 saturated heterocycles. The molecule has 1 aromatic rings. The first-order valence-corrected chi connectivity index (χ1v) is 9.76. The van der Waals surface area contributed by atoms with Crippen LogP contribution in [0.5, 0.6) is 0 Å². The van der Waals surface area contributed by atoms with Gasteiger partial charge in [0.1, 0.15) is 6.54 Å². The Morgan fingerprint density at radius 1 is 1.16 bits per heavy atom. The van der Waals surface area contributed by atoms with E-state index in [1.165, 1.54) is 43.0 Å². The van der Waals surface area contributed by atoms with Crippen LogP contribution in [-0.4, -0.2) is 12.8 Å². The zero-order valence-electron chi connectivity index (χ0n) is 16.0. The Labute approximate surface area is 153 Å². The van der Waals surface area contributed by atoms with Gasteiger partial charge >= 0.3 is 0 Å². The third kappa shape index (κ3) is 10.5. The summed E-state index contributed by atoms with van der Waals surface area (Å²) in [6.45, 7) is 6.22. The molecule has 1 heterocycles. The highest BCUT2D eigenvalue weighted by atomic mass is 16.5. The first kappa shape index (κ1) is 21.1. The van der Waals surface area contributed by atoms with E-state index in [0.717, 1.165) is 38.8 Å². The first-order valence-electron chi connectivity index (χ1n) is 9.76. The van der Waals surface area contributed by atoms with Gasteiger partial charge in [0.15, 0.2) is 12.4 Å². The molecule has 0 aliphatic rings. The van der Waals surface area contributed by atoms with Crippen molar-refractivity contribution in [3.05, 3.63) is 54.1 Å². The molecule has 0 spiro atoms. The smallest absolute Gasteiger partial charge is 0.171 e. The Balaban J connectivity index is 2.29. The predicted octanol–water partition coefficient (Wildman–Crippen LogP) is 5.39. The molecule has 0 radical (unpaired) electrons. The summed E-state index contributed by atoms with van der Waals surface area (Å²) in [4.78, 5) is 0. The second-order valence-electron chi connectivity index (χ2n) is 6.45. The third-order valence-corrected chi connectivity index (χ3v) is 4.13. The van der Waals surface area contributed by atoms with Gasteiger partial charge in [-0.15, -0.1) is 0 Å². The minimum atomic E-state index is 0.754. The van der Waals surface area contributed by atoms with Crippen LogP contribution in [0, 0.1) is 5.41 Å². The highest BCUT2D eigenvalue weighted by molar-refractivity contribution is 5.68. The molecule has 0 unspecified atom stereocenters. The summed E-state index contributed by atoms with van der Waals surface area (Å²) in [7, 11) is 0. The van der Waals surface area contributed by atoms with Crippen molar-refractivity contribution >= 4 is 6.21 Å². The average Bonchev–Trinajstić information content (AvgIpc) is 2.64. The molecule has 3 nitrogen and oxygen atoms in total. The van der Waals surface area contributed by atoms with Gasteiger partial charge in [-0.2, -0.15) is 0 Å². The molecule has 0 bridgehead atoms. The fourth-order valence-electron chi connectivity index (χ4n) is 2.62. The molecular formula is C22H35N2O+. The summed E-state index contributed by atoms with van der Waals surface area (Å²) in [5.74, 6) is 0. The standard InChI is InChI=1S/C22H35N2O/c1-3-5-11-21-14-10-17-24(19-21)16-7-8-18-25-20-22(12-6-4-2)13-9-15-23/h9-10,13-15,17,19-20,23H,3-8,11-12,16,18H2,1-2H3/q+1/b13-9-,22-20-,23-15?. The van der Waals surface area contributed by atoms with E-state index >= 15 is 0 Å². The van der Waals surface area contributed by atoms with Crippen LogP contribution in [0.2, 0.25) is 0 Å². The van der Waals surface area contributed by atoms with E-state index in [1.807, 2.05) is 12.3 Å². The normalized spacial score (nSPS) is 11.8. The van der Waals surface area contributed by atoms with Gasteiger partial charge in [0.05, 0.1) is 12.9 Å². The van der Waals surface area contributed by atoms with Crippen molar-refractivity contribution in [2.45, 2.75) is 71.8 Å². The molecule has 0 atom stereocenters. The SMILES string of the molecule is CCCCC(/C=C\C=N)=C/OCCCC[n+]1cccc(CCCC)c1. The van der Waals surface area contributed by atoms with Crippen molar-refractivity contribution in [2.75, 3.05) is 6.61 Å². The van der Waals surface area contributed by atoms with Gasteiger partial charge in [-0.05, 0) is 49.8 Å². The van der Waals surface area contributed by atoms with Gasteiger partial charge in [-0.25, -0.2) is 4.57 Å². The first-order chi connectivity index (χ1) is 12.3. The minimum absolute atomic E-state index is 0.754. The van der Waals surface area contributed by atoms with E-state index in [9.17, 15) is 0 Å². The van der Waals surface area contributed by atoms with Crippen LogP contribution in [-0.2, 0) is 17.7 Å². The van der Waals surface area contributed by atoms with Crippen LogP contribution in [0.25, 0.3) is 0 Å². The highest BCUT2D eigenvalue weighted by Gasteiger charge is 2.02. The molecule has 0 amide bonds. The van der Waals surface area contributed by atoms with Crippen molar-refractivity contribution < 1.29 is 9.30 Å². The van der Waals surface area contributed by atoms with E-state index in [2.05, 4.69) is 42.9 Å².